The van der Waals surface area contributed by atoms with Crippen LogP contribution in [0.3, 0.4) is 0 Å². The zero-order valence-electron chi connectivity index (χ0n) is 22.7. The molecule has 1 atom stereocenters. The number of azo groups is 1. The largest absolute Gasteiger partial charge is 0.464 e. The van der Waals surface area contributed by atoms with E-state index in [9.17, 15) is 34.6 Å². The van der Waals surface area contributed by atoms with Gasteiger partial charge in [0.25, 0.3) is 5.69 Å². The Kier molecular flexibility index (Phi) is 11.8. The van der Waals surface area contributed by atoms with Gasteiger partial charge in [0.15, 0.2) is 5.69 Å². The lowest BCUT2D eigenvalue weighted by Gasteiger charge is -2.35. The minimum atomic E-state index is -1.67. The Morgan fingerprint density at radius 2 is 1.68 bits per heavy atom. The van der Waals surface area contributed by atoms with E-state index < -0.39 is 50.5 Å². The second-order valence-corrected chi connectivity index (χ2v) is 8.87. The van der Waals surface area contributed by atoms with Crippen LogP contribution in [0.2, 0.25) is 5.02 Å². The van der Waals surface area contributed by atoms with Crippen LogP contribution in [0.15, 0.2) is 45.9 Å². The zero-order valence-corrected chi connectivity index (χ0v) is 23.5. The first-order chi connectivity index (χ1) is 19.3. The molecule has 1 N–H and O–H groups in total. The summed E-state index contributed by atoms with van der Waals surface area (Å²) < 4.78 is 16.0. The molecular weight excluding hydrogens is 568 g/mol. The first-order valence-corrected chi connectivity index (χ1v) is 12.6. The highest BCUT2D eigenvalue weighted by molar-refractivity contribution is 6.33. The average Bonchev–Trinajstić information content (AvgIpc) is 2.87. The van der Waals surface area contributed by atoms with E-state index in [4.69, 9.17) is 25.8 Å². The van der Waals surface area contributed by atoms with Crippen LogP contribution in [-0.4, -0.2) is 71.2 Å². The molecule has 0 spiro atoms. The van der Waals surface area contributed by atoms with Crippen LogP contribution in [0.25, 0.3) is 0 Å². The maximum absolute atomic E-state index is 12.1. The first kappa shape index (κ1) is 32.8. The van der Waals surface area contributed by atoms with Crippen molar-refractivity contribution < 1.29 is 38.4 Å². The first-order valence-electron chi connectivity index (χ1n) is 12.2. The van der Waals surface area contributed by atoms with Crippen LogP contribution < -0.4 is 5.32 Å². The summed E-state index contributed by atoms with van der Waals surface area (Å²) in [7, 11) is 0. The van der Waals surface area contributed by atoms with Gasteiger partial charge in [-0.2, -0.15) is 0 Å². The Balaban J connectivity index is 2.55. The van der Waals surface area contributed by atoms with Crippen molar-refractivity contribution in [3.63, 3.8) is 0 Å². The van der Waals surface area contributed by atoms with Crippen molar-refractivity contribution in [1.82, 2.24) is 10.2 Å². The summed E-state index contributed by atoms with van der Waals surface area (Å²) in [5, 5.41) is 33.2. The summed E-state index contributed by atoms with van der Waals surface area (Å²) in [6, 6.07) is 1.62. The number of ether oxygens (including phenoxy) is 3. The van der Waals surface area contributed by atoms with Crippen molar-refractivity contribution in [2.24, 2.45) is 10.2 Å². The monoisotopic (exact) mass is 596 g/mol. The van der Waals surface area contributed by atoms with Gasteiger partial charge in [0, 0.05) is 45.6 Å². The molecule has 1 unspecified atom stereocenters. The number of nitrogens with one attached hydrogen (secondary N) is 1. The number of carbonyl (C=O) groups is 3. The maximum atomic E-state index is 12.1. The minimum absolute atomic E-state index is 0.0225. The molecule has 16 nitrogen and oxygen atoms in total. The highest BCUT2D eigenvalue weighted by atomic mass is 35.5. The summed E-state index contributed by atoms with van der Waals surface area (Å²) >= 11 is 6.11. The Labute approximate surface area is 239 Å². The number of rotatable bonds is 14. The molecule has 1 aromatic carbocycles. The summed E-state index contributed by atoms with van der Waals surface area (Å²) in [4.78, 5) is 57.5. The molecule has 0 saturated carbocycles. The highest BCUT2D eigenvalue weighted by Crippen LogP contribution is 2.41. The molecule has 222 valence electrons. The number of amides is 1. The molecule has 1 aromatic rings. The van der Waals surface area contributed by atoms with E-state index in [0.717, 1.165) is 6.07 Å². The van der Waals surface area contributed by atoms with Crippen molar-refractivity contribution in [2.45, 2.75) is 39.8 Å². The van der Waals surface area contributed by atoms with Crippen molar-refractivity contribution in [2.75, 3.05) is 32.9 Å². The lowest BCUT2D eigenvalue weighted by atomic mass is 9.98. The minimum Gasteiger partial charge on any atom is -0.464 e. The fourth-order valence-electron chi connectivity index (χ4n) is 3.73. The van der Waals surface area contributed by atoms with Crippen LogP contribution in [0.5, 0.6) is 0 Å². The van der Waals surface area contributed by atoms with Gasteiger partial charge in [0.05, 0.1) is 39.7 Å². The molecule has 0 aromatic heterocycles. The average molecular weight is 597 g/mol. The molecule has 0 bridgehead atoms. The number of hydrogen-bond donors (Lipinski definition) is 1. The van der Waals surface area contributed by atoms with Gasteiger partial charge in [-0.05, 0) is 13.0 Å². The van der Waals surface area contributed by atoms with Crippen LogP contribution in [0.4, 0.5) is 17.1 Å². The molecule has 2 rings (SSSR count). The smallest absolute Gasteiger partial charge is 0.305 e. The highest BCUT2D eigenvalue weighted by Gasteiger charge is 2.39. The van der Waals surface area contributed by atoms with E-state index in [-0.39, 0.29) is 50.1 Å². The molecule has 1 aliphatic rings. The Bertz CT molecular complexity index is 1280. The fraction of sp³-hybridized carbons (Fsp3) is 0.458. The topological polar surface area (TPSA) is 205 Å². The summed E-state index contributed by atoms with van der Waals surface area (Å²) in [6.45, 7) is 6.00. The van der Waals surface area contributed by atoms with Gasteiger partial charge >= 0.3 is 17.6 Å². The molecule has 17 heteroatoms. The number of allylic oxidation sites excluding steroid dienone is 1. The van der Waals surface area contributed by atoms with Gasteiger partial charge < -0.3 is 24.4 Å². The number of nitro benzene ring substituents is 2. The number of halogens is 1. The fourth-order valence-corrected chi connectivity index (χ4v) is 3.98. The predicted molar refractivity (Wildman–Crippen MR) is 143 cm³/mol. The number of benzene rings is 1. The summed E-state index contributed by atoms with van der Waals surface area (Å²) in [5.41, 5.74) is -2.80. The molecule has 41 heavy (non-hydrogen) atoms. The molecular formula is C24H29ClN6O10. The number of esters is 2. The summed E-state index contributed by atoms with van der Waals surface area (Å²) in [5.74, 6) is -1.44. The van der Waals surface area contributed by atoms with Crippen molar-refractivity contribution in [3.05, 3.63) is 60.9 Å². The van der Waals surface area contributed by atoms with Gasteiger partial charge in [-0.15, -0.1) is 10.2 Å². The van der Waals surface area contributed by atoms with E-state index in [1.807, 2.05) is 0 Å². The maximum Gasteiger partial charge on any atom is 0.305 e. The SMILES string of the molecule is CCOC1(N=Nc2c(Cl)cc([N+](=O)[O-])cc2[N+](=O)[O-])CC=C(N(CCOC(C)=O)CCOC(C)=O)C=C1NC(C)=O. The van der Waals surface area contributed by atoms with Gasteiger partial charge in [-0.3, -0.25) is 34.6 Å². The number of carbonyl (C=O) groups excluding carboxylic acids is 3. The van der Waals surface area contributed by atoms with E-state index in [2.05, 4.69) is 15.5 Å². The molecule has 0 fully saturated rings. The predicted octanol–water partition coefficient (Wildman–Crippen LogP) is 3.71. The quantitative estimate of drug-likeness (QED) is 0.142. The van der Waals surface area contributed by atoms with Crippen molar-refractivity contribution in [1.29, 1.82) is 0 Å². The number of nitro groups is 2. The van der Waals surface area contributed by atoms with Gasteiger partial charge in [-0.25, -0.2) is 0 Å². The molecule has 1 aliphatic carbocycles. The lowest BCUT2D eigenvalue weighted by molar-refractivity contribution is -0.393. The Hall–Kier alpha value is -4.44. The second kappa shape index (κ2) is 14.8. The summed E-state index contributed by atoms with van der Waals surface area (Å²) in [6.07, 6.45) is 3.20. The Morgan fingerprint density at radius 3 is 2.17 bits per heavy atom. The van der Waals surface area contributed by atoms with E-state index in [1.54, 1.807) is 17.9 Å². The molecule has 0 heterocycles. The number of non-ortho nitro benzene ring substituents is 1. The van der Waals surface area contributed by atoms with Crippen molar-refractivity contribution in [3.8, 4) is 0 Å². The molecule has 0 aliphatic heterocycles. The van der Waals surface area contributed by atoms with Crippen LogP contribution in [0, 0.1) is 20.2 Å². The lowest BCUT2D eigenvalue weighted by Crippen LogP contribution is -2.43. The number of nitrogens with zero attached hydrogens (tertiary/aromatic N) is 5. The Morgan fingerprint density at radius 1 is 1.07 bits per heavy atom. The third kappa shape index (κ3) is 9.32. The van der Waals surface area contributed by atoms with E-state index >= 15 is 0 Å². The van der Waals surface area contributed by atoms with Gasteiger partial charge in [0.1, 0.15) is 13.2 Å². The number of hydrogen-bond acceptors (Lipinski definition) is 13. The van der Waals surface area contributed by atoms with E-state index in [0.29, 0.717) is 11.8 Å². The molecule has 0 saturated heterocycles. The van der Waals surface area contributed by atoms with Crippen LogP contribution in [-0.2, 0) is 28.6 Å². The zero-order chi connectivity index (χ0) is 30.7. The van der Waals surface area contributed by atoms with Gasteiger partial charge in [-0.1, -0.05) is 17.7 Å². The third-order valence-corrected chi connectivity index (χ3v) is 5.73. The van der Waals surface area contributed by atoms with Gasteiger partial charge in [0.2, 0.25) is 11.6 Å². The molecule has 1 amide bonds. The van der Waals surface area contributed by atoms with Crippen LogP contribution in [0.1, 0.15) is 34.1 Å². The van der Waals surface area contributed by atoms with Crippen LogP contribution >= 0.6 is 11.6 Å². The molecule has 0 radical (unpaired) electrons. The second-order valence-electron chi connectivity index (χ2n) is 8.47. The van der Waals surface area contributed by atoms with Crippen molar-refractivity contribution >= 4 is 46.5 Å². The van der Waals surface area contributed by atoms with E-state index in [1.165, 1.54) is 26.8 Å². The standard InChI is InChI=1S/C24H29ClN6O10/c1-5-41-24(28-27-23-20(25)12-19(30(35)36)13-21(23)31(37)38)7-6-18(14-22(24)26-15(2)32)29(8-10-39-16(3)33)9-11-40-17(4)34/h6,12-14H,5,7-11H2,1-4H3,(H,26,32). The third-order valence-electron chi connectivity index (χ3n) is 5.44. The normalized spacial score (nSPS) is 16.4.